The van der Waals surface area contributed by atoms with Gasteiger partial charge in [-0.15, -0.1) is 12.4 Å². The minimum atomic E-state index is -0.157. The minimum Gasteiger partial charge on any atom is -0.350 e. The fourth-order valence-corrected chi connectivity index (χ4v) is 2.17. The van der Waals surface area contributed by atoms with Gasteiger partial charge in [0.1, 0.15) is 5.15 Å². The number of hydrogen-bond donors (Lipinski definition) is 2. The lowest BCUT2D eigenvalue weighted by Gasteiger charge is -2.23. The lowest BCUT2D eigenvalue weighted by atomic mass is 10.1. The number of carbonyl (C=O) groups is 1. The summed E-state index contributed by atoms with van der Waals surface area (Å²) in [6.45, 7) is 1.68. The molecule has 0 bridgehead atoms. The molecule has 0 saturated carbocycles. The summed E-state index contributed by atoms with van der Waals surface area (Å²) < 4.78 is 0. The molecular weight excluding hydrogens is 273 g/mol. The molecule has 1 amide bonds. The van der Waals surface area contributed by atoms with Crippen LogP contribution in [-0.4, -0.2) is 30.0 Å². The SMILES string of the molecule is Cl.O=C(NCC1CCCCN1)c1cccnc1Cl. The fourth-order valence-electron chi connectivity index (χ4n) is 1.96. The summed E-state index contributed by atoms with van der Waals surface area (Å²) in [5.41, 5.74) is 0.435. The zero-order valence-corrected chi connectivity index (χ0v) is 11.6. The van der Waals surface area contributed by atoms with Crippen LogP contribution in [0.25, 0.3) is 0 Å². The predicted molar refractivity (Wildman–Crippen MR) is 74.5 cm³/mol. The van der Waals surface area contributed by atoms with Crippen LogP contribution in [0.5, 0.6) is 0 Å². The molecule has 18 heavy (non-hydrogen) atoms. The summed E-state index contributed by atoms with van der Waals surface area (Å²) in [6, 6.07) is 3.77. The average molecular weight is 290 g/mol. The molecule has 1 unspecified atom stereocenters. The van der Waals surface area contributed by atoms with Gasteiger partial charge in [-0.2, -0.15) is 0 Å². The lowest BCUT2D eigenvalue weighted by Crippen LogP contribution is -2.43. The first kappa shape index (κ1) is 15.2. The van der Waals surface area contributed by atoms with Crippen molar-refractivity contribution in [1.82, 2.24) is 15.6 Å². The Morgan fingerprint density at radius 2 is 2.39 bits per heavy atom. The van der Waals surface area contributed by atoms with Crippen LogP contribution in [-0.2, 0) is 0 Å². The van der Waals surface area contributed by atoms with Gasteiger partial charge >= 0.3 is 0 Å². The standard InChI is InChI=1S/C12H16ClN3O.ClH/c13-11-10(5-3-7-15-11)12(17)16-8-9-4-1-2-6-14-9;/h3,5,7,9,14H,1-2,4,6,8H2,(H,16,17);1H. The van der Waals surface area contributed by atoms with Crippen molar-refractivity contribution in [2.75, 3.05) is 13.1 Å². The van der Waals surface area contributed by atoms with E-state index in [2.05, 4.69) is 15.6 Å². The first-order chi connectivity index (χ1) is 8.27. The third-order valence-corrected chi connectivity index (χ3v) is 3.23. The van der Waals surface area contributed by atoms with Gasteiger partial charge in [-0.1, -0.05) is 18.0 Å². The molecule has 1 saturated heterocycles. The zero-order chi connectivity index (χ0) is 12.1. The third-order valence-electron chi connectivity index (χ3n) is 2.93. The van der Waals surface area contributed by atoms with Crippen LogP contribution >= 0.6 is 24.0 Å². The van der Waals surface area contributed by atoms with E-state index in [9.17, 15) is 4.79 Å². The van der Waals surface area contributed by atoms with E-state index in [1.165, 1.54) is 12.8 Å². The molecule has 1 aromatic heterocycles. The Hall–Kier alpha value is -0.840. The van der Waals surface area contributed by atoms with Gasteiger partial charge in [0.2, 0.25) is 0 Å². The van der Waals surface area contributed by atoms with Crippen LogP contribution in [0.15, 0.2) is 18.3 Å². The van der Waals surface area contributed by atoms with Gasteiger partial charge in [0, 0.05) is 18.8 Å². The molecule has 1 atom stereocenters. The maximum absolute atomic E-state index is 11.8. The predicted octanol–water partition coefficient (Wildman–Crippen LogP) is 2.03. The number of rotatable bonds is 3. The molecule has 0 spiro atoms. The normalized spacial score (nSPS) is 18.8. The molecule has 100 valence electrons. The molecule has 2 heterocycles. The molecule has 1 aromatic rings. The number of halogens is 2. The smallest absolute Gasteiger partial charge is 0.254 e. The number of piperidine rings is 1. The highest BCUT2D eigenvalue weighted by molar-refractivity contribution is 6.32. The maximum atomic E-state index is 11.8. The summed E-state index contributed by atoms with van der Waals surface area (Å²) >= 11 is 5.85. The van der Waals surface area contributed by atoms with E-state index in [-0.39, 0.29) is 23.5 Å². The van der Waals surface area contributed by atoms with Crippen molar-refractivity contribution < 1.29 is 4.79 Å². The van der Waals surface area contributed by atoms with E-state index in [1.54, 1.807) is 18.3 Å². The van der Waals surface area contributed by atoms with Gasteiger partial charge in [0.25, 0.3) is 5.91 Å². The summed E-state index contributed by atoms with van der Waals surface area (Å²) in [6.07, 6.45) is 5.13. The Morgan fingerprint density at radius 3 is 3.06 bits per heavy atom. The first-order valence-electron chi connectivity index (χ1n) is 5.89. The Balaban J connectivity index is 0.00000162. The van der Waals surface area contributed by atoms with Crippen molar-refractivity contribution in [2.24, 2.45) is 0 Å². The average Bonchev–Trinajstić information content (AvgIpc) is 2.38. The molecule has 2 rings (SSSR count). The number of amides is 1. The number of aromatic nitrogens is 1. The van der Waals surface area contributed by atoms with Crippen LogP contribution in [0.3, 0.4) is 0 Å². The summed E-state index contributed by atoms with van der Waals surface area (Å²) in [5, 5.41) is 6.51. The highest BCUT2D eigenvalue weighted by Crippen LogP contribution is 2.11. The van der Waals surface area contributed by atoms with E-state index >= 15 is 0 Å². The van der Waals surface area contributed by atoms with Crippen LogP contribution in [0, 0.1) is 0 Å². The molecular formula is C12H17Cl2N3O. The highest BCUT2D eigenvalue weighted by atomic mass is 35.5. The largest absolute Gasteiger partial charge is 0.350 e. The fraction of sp³-hybridized carbons (Fsp3) is 0.500. The quantitative estimate of drug-likeness (QED) is 0.838. The van der Waals surface area contributed by atoms with Gasteiger partial charge in [0.05, 0.1) is 5.56 Å². The third kappa shape index (κ3) is 4.12. The second-order valence-corrected chi connectivity index (χ2v) is 4.56. The van der Waals surface area contributed by atoms with Gasteiger partial charge in [0.15, 0.2) is 0 Å². The molecule has 1 aliphatic heterocycles. The van der Waals surface area contributed by atoms with Crippen molar-refractivity contribution in [3.63, 3.8) is 0 Å². The second kappa shape index (κ2) is 7.56. The Labute approximate surface area is 118 Å². The van der Waals surface area contributed by atoms with Gasteiger partial charge in [-0.3, -0.25) is 4.79 Å². The number of hydrogen-bond acceptors (Lipinski definition) is 3. The molecule has 4 nitrogen and oxygen atoms in total. The zero-order valence-electron chi connectivity index (χ0n) is 9.99. The highest BCUT2D eigenvalue weighted by Gasteiger charge is 2.15. The topological polar surface area (TPSA) is 54.0 Å². The lowest BCUT2D eigenvalue weighted by molar-refractivity contribution is 0.0947. The van der Waals surface area contributed by atoms with Crippen molar-refractivity contribution in [3.05, 3.63) is 29.0 Å². The number of nitrogens with one attached hydrogen (secondary N) is 2. The van der Waals surface area contributed by atoms with E-state index in [0.29, 0.717) is 18.2 Å². The second-order valence-electron chi connectivity index (χ2n) is 4.20. The van der Waals surface area contributed by atoms with E-state index in [1.807, 2.05) is 0 Å². The molecule has 2 N–H and O–H groups in total. The molecule has 0 aromatic carbocycles. The summed E-state index contributed by atoms with van der Waals surface area (Å²) in [5.74, 6) is -0.157. The van der Waals surface area contributed by atoms with Gasteiger partial charge < -0.3 is 10.6 Å². The molecule has 1 aliphatic rings. The first-order valence-corrected chi connectivity index (χ1v) is 6.27. The monoisotopic (exact) mass is 289 g/mol. The number of nitrogens with zero attached hydrogens (tertiary/aromatic N) is 1. The molecule has 6 heteroatoms. The Morgan fingerprint density at radius 1 is 1.56 bits per heavy atom. The van der Waals surface area contributed by atoms with Gasteiger partial charge in [-0.05, 0) is 31.5 Å². The Bertz CT molecular complexity index is 395. The molecule has 0 radical (unpaired) electrons. The van der Waals surface area contributed by atoms with Crippen molar-refractivity contribution in [2.45, 2.75) is 25.3 Å². The van der Waals surface area contributed by atoms with Gasteiger partial charge in [-0.25, -0.2) is 4.98 Å². The summed E-state index contributed by atoms with van der Waals surface area (Å²) in [4.78, 5) is 15.7. The summed E-state index contributed by atoms with van der Waals surface area (Å²) in [7, 11) is 0. The van der Waals surface area contributed by atoms with Crippen LogP contribution in [0.1, 0.15) is 29.6 Å². The van der Waals surface area contributed by atoms with Crippen LogP contribution < -0.4 is 10.6 Å². The van der Waals surface area contributed by atoms with E-state index in [0.717, 1.165) is 13.0 Å². The van der Waals surface area contributed by atoms with Crippen molar-refractivity contribution in [1.29, 1.82) is 0 Å². The van der Waals surface area contributed by atoms with Crippen molar-refractivity contribution >= 4 is 29.9 Å². The Kier molecular flexibility index (Phi) is 6.39. The molecule has 1 fully saturated rings. The van der Waals surface area contributed by atoms with Crippen LogP contribution in [0.4, 0.5) is 0 Å². The van der Waals surface area contributed by atoms with Crippen LogP contribution in [0.2, 0.25) is 5.15 Å². The number of carbonyl (C=O) groups excluding carboxylic acids is 1. The number of pyridine rings is 1. The van der Waals surface area contributed by atoms with E-state index in [4.69, 9.17) is 11.6 Å². The molecule has 0 aliphatic carbocycles. The van der Waals surface area contributed by atoms with E-state index < -0.39 is 0 Å². The van der Waals surface area contributed by atoms with Crippen molar-refractivity contribution in [3.8, 4) is 0 Å². The maximum Gasteiger partial charge on any atom is 0.254 e. The minimum absolute atomic E-state index is 0.